The van der Waals surface area contributed by atoms with Gasteiger partial charge in [0.1, 0.15) is 17.4 Å². The van der Waals surface area contributed by atoms with Crippen LogP contribution in [-0.4, -0.2) is 13.0 Å². The summed E-state index contributed by atoms with van der Waals surface area (Å²) in [7, 11) is 1.40. The van der Waals surface area contributed by atoms with Crippen molar-refractivity contribution < 1.29 is 22.7 Å². The highest BCUT2D eigenvalue weighted by Crippen LogP contribution is 2.31. The fourth-order valence-corrected chi connectivity index (χ4v) is 2.23. The van der Waals surface area contributed by atoms with Gasteiger partial charge in [0, 0.05) is 16.9 Å². The lowest BCUT2D eigenvalue weighted by atomic mass is 10.2. The molecule has 0 aliphatic rings. The van der Waals surface area contributed by atoms with Gasteiger partial charge < -0.3 is 15.4 Å². The predicted molar refractivity (Wildman–Crippen MR) is 95.4 cm³/mol. The lowest BCUT2D eigenvalue weighted by molar-refractivity contribution is -0.137. The number of alkyl halides is 3. The van der Waals surface area contributed by atoms with Gasteiger partial charge in [-0.3, -0.25) is 4.79 Å². The van der Waals surface area contributed by atoms with E-state index in [0.717, 1.165) is 18.3 Å². The van der Waals surface area contributed by atoms with Gasteiger partial charge in [-0.25, -0.2) is 0 Å². The van der Waals surface area contributed by atoms with Gasteiger partial charge in [-0.05, 0) is 36.4 Å². The molecule has 140 valence electrons. The van der Waals surface area contributed by atoms with E-state index in [9.17, 15) is 18.0 Å². The van der Waals surface area contributed by atoms with Crippen LogP contribution < -0.4 is 15.4 Å². The molecule has 0 aromatic heterocycles. The lowest BCUT2D eigenvalue weighted by Crippen LogP contribution is -2.15. The Balaban J connectivity index is 2.18. The van der Waals surface area contributed by atoms with Crippen molar-refractivity contribution >= 4 is 28.9 Å². The number of nitriles is 1. The molecule has 0 spiro atoms. The summed E-state index contributed by atoms with van der Waals surface area (Å²) in [5.74, 6) is -0.451. The summed E-state index contributed by atoms with van der Waals surface area (Å²) in [5, 5.41) is 14.5. The van der Waals surface area contributed by atoms with Crippen LogP contribution in [0.4, 0.5) is 24.5 Å². The normalized spacial score (nSPS) is 11.5. The number of carbonyl (C=O) groups is 1. The van der Waals surface area contributed by atoms with Gasteiger partial charge >= 0.3 is 6.18 Å². The molecule has 0 bridgehead atoms. The van der Waals surface area contributed by atoms with Crippen LogP contribution in [0.5, 0.6) is 5.75 Å². The smallest absolute Gasteiger partial charge is 0.416 e. The van der Waals surface area contributed by atoms with Crippen molar-refractivity contribution in [2.75, 3.05) is 17.7 Å². The molecule has 1 amide bonds. The van der Waals surface area contributed by atoms with E-state index < -0.39 is 17.6 Å². The predicted octanol–water partition coefficient (Wildman–Crippen LogP) is 4.83. The lowest BCUT2D eigenvalue weighted by Gasteiger charge is -2.11. The highest BCUT2D eigenvalue weighted by molar-refractivity contribution is 6.31. The van der Waals surface area contributed by atoms with Crippen LogP contribution in [0.25, 0.3) is 0 Å². The zero-order valence-electron chi connectivity index (χ0n) is 13.9. The molecule has 0 heterocycles. The van der Waals surface area contributed by atoms with Crippen LogP contribution in [0.1, 0.15) is 5.56 Å². The Labute approximate surface area is 158 Å². The summed E-state index contributed by atoms with van der Waals surface area (Å²) in [6, 6.07) is 10.6. The second kappa shape index (κ2) is 8.47. The summed E-state index contributed by atoms with van der Waals surface area (Å²) in [6.07, 6.45) is -3.48. The number of benzene rings is 2. The maximum Gasteiger partial charge on any atom is 0.416 e. The highest BCUT2D eigenvalue weighted by atomic mass is 35.5. The van der Waals surface area contributed by atoms with Crippen molar-refractivity contribution in [3.8, 4) is 11.8 Å². The third kappa shape index (κ3) is 5.39. The van der Waals surface area contributed by atoms with Crippen molar-refractivity contribution in [1.29, 1.82) is 5.26 Å². The number of nitrogens with zero attached hydrogens (tertiary/aromatic N) is 1. The van der Waals surface area contributed by atoms with Crippen LogP contribution in [0.3, 0.4) is 0 Å². The minimum atomic E-state index is -4.50. The molecular weight excluding hydrogens is 383 g/mol. The first-order valence-electron chi connectivity index (χ1n) is 7.43. The Morgan fingerprint density at radius 2 is 2.00 bits per heavy atom. The number of nitrogens with one attached hydrogen (secondary N) is 2. The van der Waals surface area contributed by atoms with E-state index in [1.807, 2.05) is 0 Å². The van der Waals surface area contributed by atoms with Gasteiger partial charge in [0.05, 0.1) is 18.4 Å². The number of hydrogen-bond acceptors (Lipinski definition) is 4. The molecule has 0 fully saturated rings. The molecule has 0 saturated carbocycles. The van der Waals surface area contributed by atoms with Crippen molar-refractivity contribution in [3.63, 3.8) is 0 Å². The molecular formula is C18H13ClF3N3O2. The van der Waals surface area contributed by atoms with Crippen molar-refractivity contribution in [2.24, 2.45) is 0 Å². The number of methoxy groups -OCH3 is 1. The Bertz CT molecular complexity index is 921. The van der Waals surface area contributed by atoms with E-state index in [1.165, 1.54) is 31.4 Å². The van der Waals surface area contributed by atoms with Crippen molar-refractivity contribution in [2.45, 2.75) is 6.18 Å². The van der Waals surface area contributed by atoms with Gasteiger partial charge in [-0.2, -0.15) is 18.4 Å². The van der Waals surface area contributed by atoms with Crippen LogP contribution in [-0.2, 0) is 11.0 Å². The van der Waals surface area contributed by atoms with E-state index in [-0.39, 0.29) is 16.9 Å². The Hall–Kier alpha value is -3.18. The standard InChI is InChI=1S/C18H13ClF3N3O2/c1-27-16-6-5-13(19)8-15(16)25-17(26)11(9-23)10-24-14-4-2-3-12(7-14)18(20,21)22/h2-8,10,24H,1H3,(H,25,26)/b11-10-. The molecule has 9 heteroatoms. The second-order valence-electron chi connectivity index (χ2n) is 5.19. The van der Waals surface area contributed by atoms with Gasteiger partial charge in [0.15, 0.2) is 0 Å². The number of hydrogen-bond donors (Lipinski definition) is 2. The average molecular weight is 396 g/mol. The van der Waals surface area contributed by atoms with Crippen molar-refractivity contribution in [3.05, 3.63) is 64.8 Å². The number of rotatable bonds is 5. The van der Waals surface area contributed by atoms with E-state index in [0.29, 0.717) is 10.8 Å². The third-order valence-corrected chi connectivity index (χ3v) is 3.58. The van der Waals surface area contributed by atoms with Crippen LogP contribution in [0.15, 0.2) is 54.2 Å². The molecule has 0 unspecified atom stereocenters. The average Bonchev–Trinajstić information content (AvgIpc) is 2.62. The Morgan fingerprint density at radius 1 is 1.26 bits per heavy atom. The SMILES string of the molecule is COc1ccc(Cl)cc1NC(=O)/C(C#N)=C\Nc1cccc(C(F)(F)F)c1. The van der Waals surface area contributed by atoms with Gasteiger partial charge in [0.25, 0.3) is 5.91 Å². The molecule has 27 heavy (non-hydrogen) atoms. The van der Waals surface area contributed by atoms with Gasteiger partial charge in [0.2, 0.25) is 0 Å². The Kier molecular flexibility index (Phi) is 6.32. The first-order valence-corrected chi connectivity index (χ1v) is 7.81. The highest BCUT2D eigenvalue weighted by Gasteiger charge is 2.30. The molecule has 0 atom stereocenters. The van der Waals surface area contributed by atoms with Crippen LogP contribution in [0.2, 0.25) is 5.02 Å². The molecule has 0 aliphatic heterocycles. The fraction of sp³-hybridized carbons (Fsp3) is 0.111. The number of amides is 1. The monoisotopic (exact) mass is 395 g/mol. The summed E-state index contributed by atoms with van der Waals surface area (Å²) in [4.78, 5) is 12.3. The summed E-state index contributed by atoms with van der Waals surface area (Å²) >= 11 is 5.87. The fourth-order valence-electron chi connectivity index (χ4n) is 2.06. The molecule has 2 aromatic rings. The minimum absolute atomic E-state index is 0.0747. The van der Waals surface area contributed by atoms with E-state index in [2.05, 4.69) is 10.6 Å². The quantitative estimate of drug-likeness (QED) is 0.562. The van der Waals surface area contributed by atoms with Gasteiger partial charge in [-0.1, -0.05) is 17.7 Å². The zero-order valence-corrected chi connectivity index (χ0v) is 14.7. The first kappa shape index (κ1) is 20.1. The van der Waals surface area contributed by atoms with Gasteiger partial charge in [-0.15, -0.1) is 0 Å². The molecule has 2 N–H and O–H groups in total. The van der Waals surface area contributed by atoms with Crippen LogP contribution in [0, 0.1) is 11.3 Å². The molecule has 0 radical (unpaired) electrons. The molecule has 0 saturated heterocycles. The Morgan fingerprint density at radius 3 is 2.63 bits per heavy atom. The maximum atomic E-state index is 12.7. The van der Waals surface area contributed by atoms with E-state index in [1.54, 1.807) is 12.1 Å². The summed E-state index contributed by atoms with van der Waals surface area (Å²) < 4.78 is 43.3. The molecule has 2 aromatic carbocycles. The largest absolute Gasteiger partial charge is 0.495 e. The number of ether oxygens (including phenoxy) is 1. The summed E-state index contributed by atoms with van der Waals surface area (Å²) in [6.45, 7) is 0. The molecule has 5 nitrogen and oxygen atoms in total. The number of carbonyl (C=O) groups excluding carboxylic acids is 1. The first-order chi connectivity index (χ1) is 12.7. The topological polar surface area (TPSA) is 74.1 Å². The number of anilines is 2. The molecule has 2 rings (SSSR count). The summed E-state index contributed by atoms with van der Waals surface area (Å²) in [5.41, 5.74) is -0.886. The number of halogens is 4. The van der Waals surface area contributed by atoms with Crippen LogP contribution >= 0.6 is 11.6 Å². The van der Waals surface area contributed by atoms with Crippen molar-refractivity contribution in [1.82, 2.24) is 0 Å². The maximum absolute atomic E-state index is 12.7. The third-order valence-electron chi connectivity index (χ3n) is 3.35. The minimum Gasteiger partial charge on any atom is -0.495 e. The second-order valence-corrected chi connectivity index (χ2v) is 5.63. The molecule has 0 aliphatic carbocycles. The zero-order chi connectivity index (χ0) is 20.0. The van der Waals surface area contributed by atoms with E-state index >= 15 is 0 Å². The van der Waals surface area contributed by atoms with E-state index in [4.69, 9.17) is 21.6 Å².